The zero-order chi connectivity index (χ0) is 19.1. The van der Waals surface area contributed by atoms with Crippen LogP contribution in [0.5, 0.6) is 5.75 Å². The van der Waals surface area contributed by atoms with E-state index in [4.69, 9.17) is 10.5 Å². The van der Waals surface area contributed by atoms with E-state index in [0.717, 1.165) is 5.56 Å². The smallest absolute Gasteiger partial charge is 0.251 e. The molecule has 0 bridgehead atoms. The minimum absolute atomic E-state index is 0.201. The maximum atomic E-state index is 12.4. The number of carbonyl (C=O) groups is 3. The largest absolute Gasteiger partial charge is 0.496 e. The summed E-state index contributed by atoms with van der Waals surface area (Å²) < 4.78 is 5.26. The van der Waals surface area contributed by atoms with Gasteiger partial charge in [0.25, 0.3) is 5.91 Å². The van der Waals surface area contributed by atoms with Crippen molar-refractivity contribution >= 4 is 23.4 Å². The molecule has 0 aliphatic carbocycles. The number of ether oxygens (including phenoxy) is 1. The Morgan fingerprint density at radius 2 is 1.73 bits per heavy atom. The number of benzene rings is 2. The zero-order valence-corrected chi connectivity index (χ0v) is 14.6. The maximum Gasteiger partial charge on any atom is 0.251 e. The van der Waals surface area contributed by atoms with Gasteiger partial charge < -0.3 is 21.1 Å². The summed E-state index contributed by atoms with van der Waals surface area (Å²) in [6, 6.07) is 12.7. The summed E-state index contributed by atoms with van der Waals surface area (Å²) in [7, 11) is 1.54. The number of hydrogen-bond donors (Lipinski definition) is 3. The highest BCUT2D eigenvalue weighted by Crippen LogP contribution is 2.19. The van der Waals surface area contributed by atoms with Crippen LogP contribution >= 0.6 is 0 Å². The van der Waals surface area contributed by atoms with Crippen molar-refractivity contribution in [3.63, 3.8) is 0 Å². The van der Waals surface area contributed by atoms with Gasteiger partial charge in [-0.15, -0.1) is 0 Å². The number of carbonyl (C=O) groups excluding carboxylic acids is 3. The Balaban J connectivity index is 2.10. The molecule has 0 unspecified atom stereocenters. The Bertz CT molecular complexity index is 803. The molecule has 0 radical (unpaired) electrons. The van der Waals surface area contributed by atoms with Crippen LogP contribution in [0.25, 0.3) is 0 Å². The monoisotopic (exact) mass is 355 g/mol. The second-order valence-corrected chi connectivity index (χ2v) is 5.70. The highest BCUT2D eigenvalue weighted by Gasteiger charge is 2.21. The summed E-state index contributed by atoms with van der Waals surface area (Å²) in [6.45, 7) is 1.40. The third-order valence-electron chi connectivity index (χ3n) is 3.73. The van der Waals surface area contributed by atoms with E-state index in [9.17, 15) is 14.4 Å². The van der Waals surface area contributed by atoms with Gasteiger partial charge >= 0.3 is 0 Å². The molecule has 1 atom stereocenters. The van der Waals surface area contributed by atoms with Crippen LogP contribution in [0, 0.1) is 0 Å². The lowest BCUT2D eigenvalue weighted by Crippen LogP contribution is -2.45. The minimum Gasteiger partial charge on any atom is -0.496 e. The maximum absolute atomic E-state index is 12.4. The van der Waals surface area contributed by atoms with E-state index in [0.29, 0.717) is 17.0 Å². The Morgan fingerprint density at radius 3 is 2.31 bits per heavy atom. The zero-order valence-electron chi connectivity index (χ0n) is 14.6. The molecule has 0 spiro atoms. The topological polar surface area (TPSA) is 111 Å². The number of primary amides is 1. The third-order valence-corrected chi connectivity index (χ3v) is 3.73. The quantitative estimate of drug-likeness (QED) is 0.698. The standard InChI is InChI=1S/C19H21N3O4/c1-12(23)21-15-9-7-13(8-10-15)19(25)22-16(18(20)24)11-14-5-3-4-6-17(14)26-2/h3-10,16H,11H2,1-2H3,(H2,20,24)(H,21,23)(H,22,25)/t16-/m0/s1. The van der Waals surface area contributed by atoms with Crippen molar-refractivity contribution in [2.24, 2.45) is 5.73 Å². The number of amides is 3. The average molecular weight is 355 g/mol. The van der Waals surface area contributed by atoms with Crippen LogP contribution in [0.4, 0.5) is 5.69 Å². The molecular formula is C19H21N3O4. The number of para-hydroxylation sites is 1. The molecule has 26 heavy (non-hydrogen) atoms. The molecule has 0 aromatic heterocycles. The lowest BCUT2D eigenvalue weighted by atomic mass is 10.0. The lowest BCUT2D eigenvalue weighted by Gasteiger charge is -2.17. The summed E-state index contributed by atoms with van der Waals surface area (Å²) in [4.78, 5) is 35.2. The predicted molar refractivity (Wildman–Crippen MR) is 97.9 cm³/mol. The van der Waals surface area contributed by atoms with Gasteiger partial charge in [-0.2, -0.15) is 0 Å². The van der Waals surface area contributed by atoms with Crippen LogP contribution in [0.3, 0.4) is 0 Å². The molecule has 0 aliphatic heterocycles. The van der Waals surface area contributed by atoms with Crippen molar-refractivity contribution in [3.05, 3.63) is 59.7 Å². The molecule has 7 heteroatoms. The number of nitrogens with one attached hydrogen (secondary N) is 2. The molecular weight excluding hydrogens is 334 g/mol. The molecule has 2 rings (SSSR count). The van der Waals surface area contributed by atoms with Crippen LogP contribution in [0.2, 0.25) is 0 Å². The Hall–Kier alpha value is -3.35. The highest BCUT2D eigenvalue weighted by atomic mass is 16.5. The Labute approximate surface area is 151 Å². The van der Waals surface area contributed by atoms with Gasteiger partial charge in [0.2, 0.25) is 11.8 Å². The first-order valence-electron chi connectivity index (χ1n) is 8.00. The van der Waals surface area contributed by atoms with Crippen LogP contribution in [-0.4, -0.2) is 30.9 Å². The van der Waals surface area contributed by atoms with E-state index in [1.54, 1.807) is 30.3 Å². The van der Waals surface area contributed by atoms with Gasteiger partial charge in [-0.3, -0.25) is 14.4 Å². The van der Waals surface area contributed by atoms with Crippen LogP contribution in [0.1, 0.15) is 22.8 Å². The van der Waals surface area contributed by atoms with Crippen LogP contribution < -0.4 is 21.1 Å². The van der Waals surface area contributed by atoms with E-state index in [2.05, 4.69) is 10.6 Å². The summed E-state index contributed by atoms with van der Waals surface area (Å²) in [5, 5.41) is 5.25. The molecule has 7 nitrogen and oxygen atoms in total. The first-order valence-corrected chi connectivity index (χ1v) is 8.00. The van der Waals surface area contributed by atoms with Gasteiger partial charge in [0, 0.05) is 24.6 Å². The molecule has 0 heterocycles. The number of hydrogen-bond acceptors (Lipinski definition) is 4. The first kappa shape index (κ1) is 19.0. The van der Waals surface area contributed by atoms with E-state index >= 15 is 0 Å². The minimum atomic E-state index is -0.881. The molecule has 4 N–H and O–H groups in total. The fourth-order valence-electron chi connectivity index (χ4n) is 2.46. The molecule has 3 amide bonds. The van der Waals surface area contributed by atoms with Crippen molar-refractivity contribution in [2.75, 3.05) is 12.4 Å². The molecule has 2 aromatic carbocycles. The van der Waals surface area contributed by atoms with Gasteiger partial charge in [-0.1, -0.05) is 18.2 Å². The van der Waals surface area contributed by atoms with Gasteiger partial charge in [0.05, 0.1) is 7.11 Å². The van der Waals surface area contributed by atoms with Crippen molar-refractivity contribution in [2.45, 2.75) is 19.4 Å². The van der Waals surface area contributed by atoms with Crippen molar-refractivity contribution in [1.29, 1.82) is 0 Å². The fraction of sp³-hybridized carbons (Fsp3) is 0.211. The van der Waals surface area contributed by atoms with E-state index in [1.165, 1.54) is 14.0 Å². The van der Waals surface area contributed by atoms with E-state index < -0.39 is 17.9 Å². The molecule has 136 valence electrons. The van der Waals surface area contributed by atoms with Crippen LogP contribution in [0.15, 0.2) is 48.5 Å². The molecule has 0 saturated carbocycles. The summed E-state index contributed by atoms with van der Waals surface area (Å²) in [6.07, 6.45) is 0.217. The second kappa shape index (κ2) is 8.66. The van der Waals surface area contributed by atoms with Gasteiger partial charge in [0.15, 0.2) is 0 Å². The average Bonchev–Trinajstić information content (AvgIpc) is 2.61. The SMILES string of the molecule is COc1ccccc1C[C@H](NC(=O)c1ccc(NC(C)=O)cc1)C(N)=O. The van der Waals surface area contributed by atoms with Crippen LogP contribution in [-0.2, 0) is 16.0 Å². The van der Waals surface area contributed by atoms with Crippen molar-refractivity contribution in [3.8, 4) is 5.75 Å². The molecule has 0 aliphatic rings. The number of nitrogens with two attached hydrogens (primary N) is 1. The normalized spacial score (nSPS) is 11.3. The first-order chi connectivity index (χ1) is 12.4. The van der Waals surface area contributed by atoms with Crippen molar-refractivity contribution < 1.29 is 19.1 Å². The van der Waals surface area contributed by atoms with E-state index in [1.807, 2.05) is 18.2 Å². The Kier molecular flexibility index (Phi) is 6.32. The highest BCUT2D eigenvalue weighted by molar-refractivity contribution is 5.98. The second-order valence-electron chi connectivity index (χ2n) is 5.70. The van der Waals surface area contributed by atoms with Gasteiger partial charge in [-0.05, 0) is 35.9 Å². The third kappa shape index (κ3) is 5.07. The Morgan fingerprint density at radius 1 is 1.08 bits per heavy atom. The summed E-state index contributed by atoms with van der Waals surface area (Å²) in [5.74, 6) is -0.655. The summed E-state index contributed by atoms with van der Waals surface area (Å²) in [5.41, 5.74) is 7.13. The van der Waals surface area contributed by atoms with Gasteiger partial charge in [-0.25, -0.2) is 0 Å². The molecule has 0 fully saturated rings. The van der Waals surface area contributed by atoms with Gasteiger partial charge in [0.1, 0.15) is 11.8 Å². The lowest BCUT2D eigenvalue weighted by molar-refractivity contribution is -0.119. The molecule has 0 saturated heterocycles. The van der Waals surface area contributed by atoms with Crippen molar-refractivity contribution in [1.82, 2.24) is 5.32 Å². The number of methoxy groups -OCH3 is 1. The molecule has 2 aromatic rings. The fourth-order valence-corrected chi connectivity index (χ4v) is 2.46. The number of rotatable bonds is 7. The van der Waals surface area contributed by atoms with E-state index in [-0.39, 0.29) is 12.3 Å². The predicted octanol–water partition coefficient (Wildman–Crippen LogP) is 1.48. The summed E-state index contributed by atoms with van der Waals surface area (Å²) >= 11 is 0. The number of anilines is 1.